The molecule has 2 aromatic heterocycles. The van der Waals surface area contributed by atoms with Crippen molar-refractivity contribution in [3.63, 3.8) is 0 Å². The molecule has 1 aromatic carbocycles. The van der Waals surface area contributed by atoms with Crippen LogP contribution in [0.1, 0.15) is 70.3 Å². The predicted molar refractivity (Wildman–Crippen MR) is 120 cm³/mol. The van der Waals surface area contributed by atoms with Gasteiger partial charge in [0, 0.05) is 12.2 Å². The van der Waals surface area contributed by atoms with Crippen LogP contribution in [0.25, 0.3) is 22.6 Å². The third-order valence-electron chi connectivity index (χ3n) is 7.09. The summed E-state index contributed by atoms with van der Waals surface area (Å²) in [7, 11) is 0. The maximum atomic E-state index is 14.3. The second-order valence-corrected chi connectivity index (χ2v) is 9.21. The van der Waals surface area contributed by atoms with Gasteiger partial charge in [0.2, 0.25) is 5.91 Å². The quantitative estimate of drug-likeness (QED) is 0.551. The summed E-state index contributed by atoms with van der Waals surface area (Å²) in [6.45, 7) is 0. The van der Waals surface area contributed by atoms with E-state index in [1.807, 2.05) is 22.9 Å². The number of carbonyl (C=O) groups excluding carboxylic acids is 1. The fraction of sp³-hybridized carbons (Fsp3) is 0.520. The van der Waals surface area contributed by atoms with Crippen molar-refractivity contribution in [1.82, 2.24) is 19.9 Å². The fourth-order valence-electron chi connectivity index (χ4n) is 5.53. The number of halogens is 1. The monoisotopic (exact) mass is 422 g/mol. The highest BCUT2D eigenvalue weighted by atomic mass is 19.1. The Morgan fingerprint density at radius 1 is 1.06 bits per heavy atom. The first-order valence-electron chi connectivity index (χ1n) is 11.8. The van der Waals surface area contributed by atoms with E-state index in [9.17, 15) is 9.18 Å². The van der Waals surface area contributed by atoms with Crippen LogP contribution >= 0.6 is 0 Å². The number of aromatic amines is 1. The van der Waals surface area contributed by atoms with Crippen LogP contribution in [0.5, 0.6) is 0 Å². The number of H-pyrrole nitrogens is 1. The van der Waals surface area contributed by atoms with Gasteiger partial charge in [0.15, 0.2) is 5.82 Å². The van der Waals surface area contributed by atoms with Crippen molar-refractivity contribution in [2.75, 3.05) is 0 Å². The summed E-state index contributed by atoms with van der Waals surface area (Å²) in [5.74, 6) is 0.698. The highest BCUT2D eigenvalue weighted by molar-refractivity contribution is 5.87. The largest absolute Gasteiger partial charge is 0.359 e. The number of imidazole rings is 1. The van der Waals surface area contributed by atoms with Crippen LogP contribution in [0.4, 0.5) is 4.39 Å². The van der Waals surface area contributed by atoms with Gasteiger partial charge in [0.1, 0.15) is 11.9 Å². The zero-order chi connectivity index (χ0) is 21.2. The molecule has 0 saturated heterocycles. The number of nitrogens with zero attached hydrogens (tertiary/aromatic N) is 2. The fourth-order valence-corrected chi connectivity index (χ4v) is 5.53. The SMILES string of the molecule is O=C(NC1CCCCC1)C(C1CCCCC1)n1c(-c2ccc[nH]2)nc2ccc(F)cc21. The standard InChI is InChI=1S/C25H31FN4O/c26-18-13-14-20-22(16-18)30(24(29-20)21-12-7-15-27-21)23(17-8-3-1-4-9-17)25(31)28-19-10-5-2-6-11-19/h7,12-17,19,23,27H,1-6,8-11H2,(H,28,31). The van der Waals surface area contributed by atoms with E-state index in [4.69, 9.17) is 4.98 Å². The molecule has 2 heterocycles. The minimum Gasteiger partial charge on any atom is -0.359 e. The summed E-state index contributed by atoms with van der Waals surface area (Å²) in [4.78, 5) is 21.9. The third kappa shape index (κ3) is 4.12. The van der Waals surface area contributed by atoms with Gasteiger partial charge in [-0.3, -0.25) is 4.79 Å². The summed E-state index contributed by atoms with van der Waals surface area (Å²) < 4.78 is 16.3. The van der Waals surface area contributed by atoms with Crippen LogP contribution in [0.15, 0.2) is 36.5 Å². The number of carbonyl (C=O) groups is 1. The number of hydrogen-bond donors (Lipinski definition) is 2. The maximum absolute atomic E-state index is 14.3. The van der Waals surface area contributed by atoms with Crippen molar-refractivity contribution in [1.29, 1.82) is 0 Å². The summed E-state index contributed by atoms with van der Waals surface area (Å²) >= 11 is 0. The molecule has 0 aliphatic heterocycles. The molecule has 2 fully saturated rings. The van der Waals surface area contributed by atoms with Crippen molar-refractivity contribution >= 4 is 16.9 Å². The molecule has 0 radical (unpaired) electrons. The highest BCUT2D eigenvalue weighted by Gasteiger charge is 2.35. The van der Waals surface area contributed by atoms with Crippen molar-refractivity contribution in [3.05, 3.63) is 42.3 Å². The number of nitrogens with one attached hydrogen (secondary N) is 2. The van der Waals surface area contributed by atoms with Crippen molar-refractivity contribution in [2.24, 2.45) is 5.92 Å². The first kappa shape index (κ1) is 20.3. The Morgan fingerprint density at radius 3 is 2.52 bits per heavy atom. The number of rotatable bonds is 5. The van der Waals surface area contributed by atoms with Gasteiger partial charge in [-0.05, 0) is 61.9 Å². The van der Waals surface area contributed by atoms with Crippen molar-refractivity contribution < 1.29 is 9.18 Å². The molecule has 1 atom stereocenters. The van der Waals surface area contributed by atoms with Crippen LogP contribution in [0.3, 0.4) is 0 Å². The van der Waals surface area contributed by atoms with Crippen LogP contribution in [-0.2, 0) is 4.79 Å². The Hall–Kier alpha value is -2.63. The zero-order valence-electron chi connectivity index (χ0n) is 17.9. The van der Waals surface area contributed by atoms with E-state index in [1.54, 1.807) is 6.07 Å². The van der Waals surface area contributed by atoms with Gasteiger partial charge in [0.05, 0.1) is 16.7 Å². The number of fused-ring (bicyclic) bond motifs is 1. The second-order valence-electron chi connectivity index (χ2n) is 9.21. The van der Waals surface area contributed by atoms with Crippen LogP contribution < -0.4 is 5.32 Å². The molecule has 2 aliphatic carbocycles. The van der Waals surface area contributed by atoms with Gasteiger partial charge in [-0.15, -0.1) is 0 Å². The Labute approximate surface area is 182 Å². The van der Waals surface area contributed by atoms with Gasteiger partial charge in [-0.2, -0.15) is 0 Å². The lowest BCUT2D eigenvalue weighted by Gasteiger charge is -2.33. The molecule has 0 bridgehead atoms. The molecular weight excluding hydrogens is 391 g/mol. The molecule has 2 N–H and O–H groups in total. The molecule has 5 nitrogen and oxygen atoms in total. The Kier molecular flexibility index (Phi) is 5.79. The zero-order valence-corrected chi connectivity index (χ0v) is 17.9. The Morgan fingerprint density at radius 2 is 1.81 bits per heavy atom. The molecule has 31 heavy (non-hydrogen) atoms. The molecule has 164 valence electrons. The molecule has 2 saturated carbocycles. The molecule has 3 aromatic rings. The molecule has 0 spiro atoms. The van der Waals surface area contributed by atoms with Gasteiger partial charge in [-0.25, -0.2) is 9.37 Å². The molecule has 5 rings (SSSR count). The molecule has 1 amide bonds. The summed E-state index contributed by atoms with van der Waals surface area (Å²) in [6, 6.07) is 8.43. The smallest absolute Gasteiger partial charge is 0.243 e. The number of hydrogen-bond acceptors (Lipinski definition) is 2. The molecular formula is C25H31FN4O. The van der Waals surface area contributed by atoms with Gasteiger partial charge in [-0.1, -0.05) is 38.5 Å². The van der Waals surface area contributed by atoms with Gasteiger partial charge >= 0.3 is 0 Å². The lowest BCUT2D eigenvalue weighted by Crippen LogP contribution is -2.43. The molecule has 1 unspecified atom stereocenters. The van der Waals surface area contributed by atoms with Crippen LogP contribution in [0, 0.1) is 11.7 Å². The van der Waals surface area contributed by atoms with Gasteiger partial charge < -0.3 is 14.9 Å². The minimum atomic E-state index is -0.382. The first-order chi connectivity index (χ1) is 15.2. The Balaban J connectivity index is 1.61. The van der Waals surface area contributed by atoms with Crippen LogP contribution in [-0.4, -0.2) is 26.5 Å². The maximum Gasteiger partial charge on any atom is 0.243 e. The van der Waals surface area contributed by atoms with Crippen molar-refractivity contribution in [3.8, 4) is 11.5 Å². The van der Waals surface area contributed by atoms with E-state index in [0.717, 1.165) is 49.7 Å². The van der Waals surface area contributed by atoms with Crippen molar-refractivity contribution in [2.45, 2.75) is 76.3 Å². The normalized spacial score (nSPS) is 19.5. The number of aromatic nitrogens is 3. The second kappa shape index (κ2) is 8.85. The van der Waals surface area contributed by atoms with E-state index in [2.05, 4.69) is 10.3 Å². The number of benzene rings is 1. The number of amides is 1. The first-order valence-corrected chi connectivity index (χ1v) is 11.8. The lowest BCUT2D eigenvalue weighted by atomic mass is 9.82. The van der Waals surface area contributed by atoms with E-state index in [0.29, 0.717) is 11.3 Å². The lowest BCUT2D eigenvalue weighted by molar-refractivity contribution is -0.127. The van der Waals surface area contributed by atoms with Crippen LogP contribution in [0.2, 0.25) is 0 Å². The summed E-state index contributed by atoms with van der Waals surface area (Å²) in [6.07, 6.45) is 13.1. The Bertz CT molecular complexity index is 1030. The predicted octanol–water partition coefficient (Wildman–Crippen LogP) is 5.74. The van der Waals surface area contributed by atoms with Gasteiger partial charge in [0.25, 0.3) is 0 Å². The van der Waals surface area contributed by atoms with E-state index >= 15 is 0 Å². The molecule has 2 aliphatic rings. The van der Waals surface area contributed by atoms with E-state index in [-0.39, 0.29) is 29.7 Å². The molecule has 6 heteroatoms. The minimum absolute atomic E-state index is 0.0650. The average molecular weight is 423 g/mol. The topological polar surface area (TPSA) is 62.7 Å². The van der Waals surface area contributed by atoms with E-state index in [1.165, 1.54) is 37.8 Å². The highest BCUT2D eigenvalue weighted by Crippen LogP contribution is 2.38. The summed E-state index contributed by atoms with van der Waals surface area (Å²) in [5, 5.41) is 3.36. The van der Waals surface area contributed by atoms with E-state index < -0.39 is 0 Å². The third-order valence-corrected chi connectivity index (χ3v) is 7.09. The average Bonchev–Trinajstić information content (AvgIpc) is 3.44. The summed E-state index contributed by atoms with van der Waals surface area (Å²) in [5.41, 5.74) is 2.26.